The van der Waals surface area contributed by atoms with E-state index in [9.17, 15) is 13.2 Å². The SMILES string of the molecule is COc1ccccc1-c1noc(C2CN(C(=O)c3ccc(S(=O)(=O)N4CCCCC4)cc3)C2)n1. The number of carbonyl (C=O) groups is 1. The van der Waals surface area contributed by atoms with Gasteiger partial charge in [-0.25, -0.2) is 8.42 Å². The van der Waals surface area contributed by atoms with Gasteiger partial charge >= 0.3 is 0 Å². The fraction of sp³-hybridized carbons (Fsp3) is 0.375. The quantitative estimate of drug-likeness (QED) is 0.531. The molecule has 0 bridgehead atoms. The molecule has 34 heavy (non-hydrogen) atoms. The van der Waals surface area contributed by atoms with Crippen molar-refractivity contribution in [3.8, 4) is 17.1 Å². The molecular weight excluding hydrogens is 456 g/mol. The number of nitrogens with zero attached hydrogens (tertiary/aromatic N) is 4. The Balaban J connectivity index is 1.22. The lowest BCUT2D eigenvalue weighted by Gasteiger charge is -2.37. The van der Waals surface area contributed by atoms with Gasteiger partial charge in [0, 0.05) is 31.7 Å². The summed E-state index contributed by atoms with van der Waals surface area (Å²) >= 11 is 0. The van der Waals surface area contributed by atoms with E-state index in [1.807, 2.05) is 24.3 Å². The number of benzene rings is 2. The molecule has 9 nitrogen and oxygen atoms in total. The lowest BCUT2D eigenvalue weighted by molar-refractivity contribution is 0.0569. The van der Waals surface area contributed by atoms with E-state index in [2.05, 4.69) is 10.1 Å². The summed E-state index contributed by atoms with van der Waals surface area (Å²) in [5.41, 5.74) is 1.20. The second-order valence-electron chi connectivity index (χ2n) is 8.55. The van der Waals surface area contributed by atoms with Gasteiger partial charge in [-0.3, -0.25) is 4.79 Å². The first-order chi connectivity index (χ1) is 16.5. The summed E-state index contributed by atoms with van der Waals surface area (Å²) < 4.78 is 37.9. The van der Waals surface area contributed by atoms with Crippen LogP contribution in [0.1, 0.15) is 41.4 Å². The van der Waals surface area contributed by atoms with Gasteiger partial charge in [-0.05, 0) is 49.2 Å². The maximum absolute atomic E-state index is 12.9. The standard InChI is InChI=1S/C24H26N4O5S/c1-32-21-8-4-3-7-20(21)22-25-23(33-26-22)18-15-27(16-18)24(29)17-9-11-19(12-10-17)34(30,31)28-13-5-2-6-14-28/h3-4,7-12,18H,2,5-6,13-16H2,1H3. The number of carbonyl (C=O) groups excluding carboxylic acids is 1. The zero-order valence-corrected chi connectivity index (χ0v) is 19.7. The highest BCUT2D eigenvalue weighted by Gasteiger charge is 2.36. The van der Waals surface area contributed by atoms with Crippen molar-refractivity contribution in [3.05, 3.63) is 60.0 Å². The van der Waals surface area contributed by atoms with Gasteiger partial charge in [0.2, 0.25) is 21.7 Å². The molecule has 0 aliphatic carbocycles. The molecular formula is C24H26N4O5S. The first kappa shape index (κ1) is 22.5. The van der Waals surface area contributed by atoms with Gasteiger partial charge < -0.3 is 14.2 Å². The zero-order valence-electron chi connectivity index (χ0n) is 18.9. The van der Waals surface area contributed by atoms with Crippen molar-refractivity contribution in [3.63, 3.8) is 0 Å². The largest absolute Gasteiger partial charge is 0.496 e. The fourth-order valence-corrected chi connectivity index (χ4v) is 5.86. The molecule has 1 amide bonds. The van der Waals surface area contributed by atoms with Crippen LogP contribution in [-0.2, 0) is 10.0 Å². The van der Waals surface area contributed by atoms with E-state index in [1.165, 1.54) is 16.4 Å². The predicted molar refractivity (Wildman–Crippen MR) is 124 cm³/mol. The highest BCUT2D eigenvalue weighted by Crippen LogP contribution is 2.32. The van der Waals surface area contributed by atoms with Crippen molar-refractivity contribution in [2.75, 3.05) is 33.3 Å². The minimum Gasteiger partial charge on any atom is -0.496 e. The number of rotatable bonds is 6. The third-order valence-corrected chi connectivity index (χ3v) is 8.27. The van der Waals surface area contributed by atoms with Crippen LogP contribution in [0.3, 0.4) is 0 Å². The number of likely N-dealkylation sites (tertiary alicyclic amines) is 1. The maximum Gasteiger partial charge on any atom is 0.253 e. The van der Waals surface area contributed by atoms with E-state index in [0.717, 1.165) is 24.8 Å². The smallest absolute Gasteiger partial charge is 0.253 e. The molecule has 0 unspecified atom stereocenters. The second kappa shape index (κ2) is 9.19. The molecule has 3 aromatic rings. The van der Waals surface area contributed by atoms with Crippen LogP contribution in [0, 0.1) is 0 Å². The summed E-state index contributed by atoms with van der Waals surface area (Å²) in [6.45, 7) is 2.01. The van der Waals surface area contributed by atoms with Crippen LogP contribution in [-0.4, -0.2) is 67.0 Å². The van der Waals surface area contributed by atoms with Gasteiger partial charge in [-0.15, -0.1) is 0 Å². The predicted octanol–water partition coefficient (Wildman–Crippen LogP) is 3.16. The number of hydrogen-bond donors (Lipinski definition) is 0. The fourth-order valence-electron chi connectivity index (χ4n) is 4.35. The number of amides is 1. The number of hydrogen-bond acceptors (Lipinski definition) is 7. The van der Waals surface area contributed by atoms with Gasteiger partial charge in [0.05, 0.1) is 23.5 Å². The summed E-state index contributed by atoms with van der Waals surface area (Å²) in [7, 11) is -1.93. The molecule has 5 rings (SSSR count). The number of sulfonamides is 1. The molecule has 0 saturated carbocycles. The zero-order chi connectivity index (χ0) is 23.7. The molecule has 0 radical (unpaired) electrons. The molecule has 0 spiro atoms. The molecule has 2 aromatic carbocycles. The van der Waals surface area contributed by atoms with Gasteiger partial charge in [0.25, 0.3) is 5.91 Å². The van der Waals surface area contributed by atoms with E-state index in [-0.39, 0.29) is 16.7 Å². The van der Waals surface area contributed by atoms with Crippen molar-refractivity contribution in [1.29, 1.82) is 0 Å². The Morgan fingerprint density at radius 2 is 1.74 bits per heavy atom. The lowest BCUT2D eigenvalue weighted by Crippen LogP contribution is -2.48. The van der Waals surface area contributed by atoms with Gasteiger partial charge in [-0.2, -0.15) is 9.29 Å². The van der Waals surface area contributed by atoms with Crippen molar-refractivity contribution >= 4 is 15.9 Å². The van der Waals surface area contributed by atoms with Gasteiger partial charge in [-0.1, -0.05) is 23.7 Å². The number of methoxy groups -OCH3 is 1. The lowest BCUT2D eigenvalue weighted by atomic mass is 9.98. The minimum absolute atomic E-state index is 0.0429. The average Bonchev–Trinajstić information content (AvgIpc) is 3.33. The number of ether oxygens (including phenoxy) is 1. The Morgan fingerprint density at radius 3 is 2.44 bits per heavy atom. The molecule has 2 saturated heterocycles. The first-order valence-electron chi connectivity index (χ1n) is 11.3. The monoisotopic (exact) mass is 482 g/mol. The molecule has 0 N–H and O–H groups in total. The first-order valence-corrected chi connectivity index (χ1v) is 12.8. The van der Waals surface area contributed by atoms with E-state index in [0.29, 0.717) is 49.2 Å². The van der Waals surface area contributed by atoms with Crippen molar-refractivity contribution in [1.82, 2.24) is 19.3 Å². The highest BCUT2D eigenvalue weighted by molar-refractivity contribution is 7.89. The molecule has 2 aliphatic heterocycles. The molecule has 3 heterocycles. The Morgan fingerprint density at radius 1 is 1.03 bits per heavy atom. The van der Waals surface area contributed by atoms with Gasteiger partial charge in [0.15, 0.2) is 0 Å². The highest BCUT2D eigenvalue weighted by atomic mass is 32.2. The number of para-hydroxylation sites is 1. The van der Waals surface area contributed by atoms with Crippen molar-refractivity contribution in [2.45, 2.75) is 30.1 Å². The summed E-state index contributed by atoms with van der Waals surface area (Å²) in [5, 5.41) is 4.07. The van der Waals surface area contributed by atoms with E-state index < -0.39 is 10.0 Å². The molecule has 178 valence electrons. The third kappa shape index (κ3) is 4.19. The number of aromatic nitrogens is 2. The Bertz CT molecular complexity index is 1280. The second-order valence-corrected chi connectivity index (χ2v) is 10.5. The maximum atomic E-state index is 12.9. The average molecular weight is 483 g/mol. The van der Waals surface area contributed by atoms with Gasteiger partial charge in [0.1, 0.15) is 5.75 Å². The third-order valence-electron chi connectivity index (χ3n) is 6.36. The summed E-state index contributed by atoms with van der Waals surface area (Å²) in [5.74, 6) is 1.39. The topological polar surface area (TPSA) is 106 Å². The molecule has 10 heteroatoms. The van der Waals surface area contributed by atoms with E-state index in [1.54, 1.807) is 24.1 Å². The van der Waals surface area contributed by atoms with E-state index in [4.69, 9.17) is 9.26 Å². The van der Waals surface area contributed by atoms with Crippen LogP contribution in [0.2, 0.25) is 0 Å². The Kier molecular flexibility index (Phi) is 6.09. The van der Waals surface area contributed by atoms with Crippen molar-refractivity contribution < 1.29 is 22.5 Å². The van der Waals surface area contributed by atoms with Crippen molar-refractivity contribution in [2.24, 2.45) is 0 Å². The van der Waals surface area contributed by atoms with Crippen LogP contribution in [0.4, 0.5) is 0 Å². The minimum atomic E-state index is -3.51. The van der Waals surface area contributed by atoms with E-state index >= 15 is 0 Å². The normalized spacial score (nSPS) is 17.4. The molecule has 0 atom stereocenters. The molecule has 2 fully saturated rings. The summed E-state index contributed by atoms with van der Waals surface area (Å²) in [4.78, 5) is 19.3. The molecule has 2 aliphatic rings. The summed E-state index contributed by atoms with van der Waals surface area (Å²) in [6, 6.07) is 13.6. The Hall–Kier alpha value is -3.24. The van der Waals surface area contributed by atoms with Crippen LogP contribution in [0.25, 0.3) is 11.4 Å². The molecule has 1 aromatic heterocycles. The van der Waals surface area contributed by atoms with Crippen LogP contribution in [0.5, 0.6) is 5.75 Å². The van der Waals surface area contributed by atoms with Crippen LogP contribution >= 0.6 is 0 Å². The summed E-state index contributed by atoms with van der Waals surface area (Å²) in [6.07, 6.45) is 2.82. The van der Waals surface area contributed by atoms with Crippen LogP contribution in [0.15, 0.2) is 57.9 Å². The number of piperidine rings is 1. The van der Waals surface area contributed by atoms with Crippen LogP contribution < -0.4 is 4.74 Å². The Labute approximate surface area is 198 Å².